The molecule has 3 heterocycles. The summed E-state index contributed by atoms with van der Waals surface area (Å²) in [4.78, 5) is 6.83. The summed E-state index contributed by atoms with van der Waals surface area (Å²) in [6, 6.07) is 2.41. The van der Waals surface area contributed by atoms with Gasteiger partial charge in [-0.2, -0.15) is 0 Å². The Morgan fingerprint density at radius 3 is 3.41 bits per heavy atom. The van der Waals surface area contributed by atoms with Crippen molar-refractivity contribution in [2.75, 3.05) is 38.3 Å². The second kappa shape index (κ2) is 4.41. The van der Waals surface area contributed by atoms with Crippen molar-refractivity contribution in [2.45, 2.75) is 12.5 Å². The van der Waals surface area contributed by atoms with E-state index >= 15 is 0 Å². The van der Waals surface area contributed by atoms with E-state index in [-0.39, 0.29) is 0 Å². The highest BCUT2D eigenvalue weighted by Gasteiger charge is 2.28. The highest BCUT2D eigenvalue weighted by Crippen LogP contribution is 2.34. The Morgan fingerprint density at radius 1 is 1.59 bits per heavy atom. The van der Waals surface area contributed by atoms with Crippen LogP contribution in [0.4, 0.5) is 5.82 Å². The van der Waals surface area contributed by atoms with E-state index in [1.807, 2.05) is 6.07 Å². The number of hydrogen-bond acceptors (Lipinski definition) is 5. The van der Waals surface area contributed by atoms with Gasteiger partial charge < -0.3 is 19.7 Å². The van der Waals surface area contributed by atoms with Gasteiger partial charge >= 0.3 is 0 Å². The largest absolute Gasteiger partial charge is 0.495 e. The van der Waals surface area contributed by atoms with Crippen LogP contribution >= 0.6 is 0 Å². The molecule has 1 N–H and O–H groups in total. The molecule has 0 spiro atoms. The molecule has 0 radical (unpaired) electrons. The maximum Gasteiger partial charge on any atom is 0.171 e. The number of methoxy groups -OCH3 is 1. The van der Waals surface area contributed by atoms with Crippen molar-refractivity contribution in [3.8, 4) is 11.5 Å². The van der Waals surface area contributed by atoms with Crippen molar-refractivity contribution in [1.82, 2.24) is 10.3 Å². The molecule has 1 fully saturated rings. The molecular weight excluding hydrogens is 218 g/mol. The lowest BCUT2D eigenvalue weighted by Crippen LogP contribution is -2.51. The Labute approximate surface area is 101 Å². The average Bonchev–Trinajstić information content (AvgIpc) is 2.57. The van der Waals surface area contributed by atoms with Crippen LogP contribution in [0.2, 0.25) is 0 Å². The first kappa shape index (κ1) is 10.7. The Balaban J connectivity index is 1.97. The lowest BCUT2D eigenvalue weighted by Gasteiger charge is -2.35. The average molecular weight is 235 g/mol. The van der Waals surface area contributed by atoms with E-state index in [0.29, 0.717) is 6.04 Å². The summed E-state index contributed by atoms with van der Waals surface area (Å²) < 4.78 is 11.0. The number of fused-ring (bicyclic) bond motifs is 3. The van der Waals surface area contributed by atoms with Crippen LogP contribution < -0.4 is 19.7 Å². The van der Waals surface area contributed by atoms with Crippen LogP contribution in [0.15, 0.2) is 12.3 Å². The number of ether oxygens (including phenoxy) is 2. The van der Waals surface area contributed by atoms with Crippen molar-refractivity contribution >= 4 is 5.82 Å². The Kier molecular flexibility index (Phi) is 2.76. The van der Waals surface area contributed by atoms with Crippen molar-refractivity contribution < 1.29 is 9.47 Å². The van der Waals surface area contributed by atoms with Gasteiger partial charge in [-0.3, -0.25) is 0 Å². The minimum atomic E-state index is 0.492. The third-order valence-corrected chi connectivity index (χ3v) is 3.37. The molecular formula is C12H17N3O2. The van der Waals surface area contributed by atoms with Crippen LogP contribution in [0.25, 0.3) is 0 Å². The third-order valence-electron chi connectivity index (χ3n) is 3.37. The van der Waals surface area contributed by atoms with Crippen LogP contribution in [0, 0.1) is 0 Å². The molecule has 0 aliphatic carbocycles. The second-order valence-corrected chi connectivity index (χ2v) is 4.39. The number of nitrogens with zero attached hydrogens (tertiary/aromatic N) is 2. The number of rotatable bonds is 1. The zero-order valence-corrected chi connectivity index (χ0v) is 9.98. The molecule has 1 saturated heterocycles. The summed E-state index contributed by atoms with van der Waals surface area (Å²) >= 11 is 0. The second-order valence-electron chi connectivity index (χ2n) is 4.39. The number of hydrogen-bond donors (Lipinski definition) is 1. The summed E-state index contributed by atoms with van der Waals surface area (Å²) in [5, 5.41) is 3.42. The molecule has 3 rings (SSSR count). The summed E-state index contributed by atoms with van der Waals surface area (Å²) in [6.45, 7) is 3.74. The Hall–Kier alpha value is -1.49. The predicted molar refractivity (Wildman–Crippen MR) is 64.9 cm³/mol. The van der Waals surface area contributed by atoms with E-state index in [1.165, 1.54) is 0 Å². The van der Waals surface area contributed by atoms with Gasteiger partial charge in [-0.15, -0.1) is 0 Å². The molecule has 5 nitrogen and oxygen atoms in total. The standard InChI is InChI=1S/C12H17N3O2/c1-16-10-6-11-12(14-8-10)15-4-3-13-7-9(15)2-5-17-11/h6,8-9,13H,2-5,7H2,1H3. The van der Waals surface area contributed by atoms with Gasteiger partial charge in [0.05, 0.1) is 19.9 Å². The fourth-order valence-corrected chi connectivity index (χ4v) is 2.46. The smallest absolute Gasteiger partial charge is 0.171 e. The zero-order valence-electron chi connectivity index (χ0n) is 9.98. The van der Waals surface area contributed by atoms with Gasteiger partial charge in [0.2, 0.25) is 0 Å². The number of aromatic nitrogens is 1. The predicted octanol–water partition coefficient (Wildman–Crippen LogP) is 0.651. The first-order valence-corrected chi connectivity index (χ1v) is 6.02. The molecule has 2 aliphatic heterocycles. The molecule has 5 heteroatoms. The highest BCUT2D eigenvalue weighted by molar-refractivity contribution is 5.56. The van der Waals surface area contributed by atoms with Gasteiger partial charge in [0.1, 0.15) is 5.75 Å². The Morgan fingerprint density at radius 2 is 2.53 bits per heavy atom. The van der Waals surface area contributed by atoms with Gasteiger partial charge in [0.15, 0.2) is 11.6 Å². The van der Waals surface area contributed by atoms with E-state index in [0.717, 1.165) is 50.0 Å². The quantitative estimate of drug-likeness (QED) is 0.774. The van der Waals surface area contributed by atoms with Gasteiger partial charge in [-0.25, -0.2) is 4.98 Å². The number of nitrogens with one attached hydrogen (secondary N) is 1. The minimum absolute atomic E-state index is 0.492. The minimum Gasteiger partial charge on any atom is -0.495 e. The molecule has 2 aliphatic rings. The van der Waals surface area contributed by atoms with Crippen LogP contribution in [-0.4, -0.2) is 44.4 Å². The van der Waals surface area contributed by atoms with Crippen molar-refractivity contribution in [1.29, 1.82) is 0 Å². The normalized spacial score (nSPS) is 23.1. The topological polar surface area (TPSA) is 46.6 Å². The maximum atomic E-state index is 5.77. The summed E-state index contributed by atoms with van der Waals surface area (Å²) in [5.74, 6) is 2.54. The van der Waals surface area contributed by atoms with E-state index in [1.54, 1.807) is 13.3 Å². The van der Waals surface area contributed by atoms with E-state index < -0.39 is 0 Å². The number of pyridine rings is 1. The van der Waals surface area contributed by atoms with Crippen LogP contribution in [-0.2, 0) is 0 Å². The monoisotopic (exact) mass is 235 g/mol. The van der Waals surface area contributed by atoms with Crippen LogP contribution in [0.5, 0.6) is 11.5 Å². The maximum absolute atomic E-state index is 5.77. The lowest BCUT2D eigenvalue weighted by atomic mass is 10.1. The molecule has 0 amide bonds. The van der Waals surface area contributed by atoms with Crippen LogP contribution in [0.1, 0.15) is 6.42 Å². The molecule has 1 unspecified atom stereocenters. The molecule has 92 valence electrons. The molecule has 1 atom stereocenters. The number of anilines is 1. The lowest BCUT2D eigenvalue weighted by molar-refractivity contribution is 0.302. The molecule has 0 saturated carbocycles. The number of piperazine rings is 1. The molecule has 1 aromatic rings. The van der Waals surface area contributed by atoms with Crippen molar-refractivity contribution in [3.05, 3.63) is 12.3 Å². The molecule has 0 bridgehead atoms. The zero-order chi connectivity index (χ0) is 11.7. The highest BCUT2D eigenvalue weighted by atomic mass is 16.5. The SMILES string of the molecule is COc1cnc2c(c1)OCCC1CNCCN21. The summed E-state index contributed by atoms with van der Waals surface area (Å²) in [5.41, 5.74) is 0. The van der Waals surface area contributed by atoms with E-state index in [2.05, 4.69) is 15.2 Å². The summed E-state index contributed by atoms with van der Waals surface area (Å²) in [6.07, 6.45) is 2.79. The van der Waals surface area contributed by atoms with Gasteiger partial charge in [-0.1, -0.05) is 0 Å². The van der Waals surface area contributed by atoms with Crippen molar-refractivity contribution in [3.63, 3.8) is 0 Å². The van der Waals surface area contributed by atoms with Gasteiger partial charge in [0.25, 0.3) is 0 Å². The van der Waals surface area contributed by atoms with Crippen LogP contribution in [0.3, 0.4) is 0 Å². The Bertz CT molecular complexity index is 411. The van der Waals surface area contributed by atoms with Crippen molar-refractivity contribution in [2.24, 2.45) is 0 Å². The fraction of sp³-hybridized carbons (Fsp3) is 0.583. The third kappa shape index (κ3) is 1.91. The van der Waals surface area contributed by atoms with E-state index in [4.69, 9.17) is 9.47 Å². The first-order valence-electron chi connectivity index (χ1n) is 6.02. The van der Waals surface area contributed by atoms with E-state index in [9.17, 15) is 0 Å². The van der Waals surface area contributed by atoms with Gasteiger partial charge in [0, 0.05) is 38.2 Å². The van der Waals surface area contributed by atoms with Gasteiger partial charge in [-0.05, 0) is 0 Å². The fourth-order valence-electron chi connectivity index (χ4n) is 2.46. The molecule has 1 aromatic heterocycles. The molecule has 17 heavy (non-hydrogen) atoms. The summed E-state index contributed by atoms with van der Waals surface area (Å²) in [7, 11) is 1.65. The first-order chi connectivity index (χ1) is 8.38. The molecule has 0 aromatic carbocycles.